The first-order valence-electron chi connectivity index (χ1n) is 7.45. The molecule has 22 heavy (non-hydrogen) atoms. The molecule has 0 bridgehead atoms. The van der Waals surface area contributed by atoms with E-state index in [-0.39, 0.29) is 18.1 Å². The van der Waals surface area contributed by atoms with Gasteiger partial charge in [0.05, 0.1) is 19.6 Å². The summed E-state index contributed by atoms with van der Waals surface area (Å²) in [6.45, 7) is 4.52. The van der Waals surface area contributed by atoms with Crippen LogP contribution in [0.15, 0.2) is 29.3 Å². The quantitative estimate of drug-likeness (QED) is 0.819. The molecule has 6 heteroatoms. The fraction of sp³-hybridized carbons (Fsp3) is 0.438. The summed E-state index contributed by atoms with van der Waals surface area (Å²) in [6.07, 6.45) is 0.0978. The average Bonchev–Trinajstić information content (AvgIpc) is 2.55. The van der Waals surface area contributed by atoms with E-state index in [0.29, 0.717) is 37.8 Å². The fourth-order valence-corrected chi connectivity index (χ4v) is 2.57. The Bertz CT molecular complexity index is 604. The number of amides is 1. The smallest absolute Gasteiger partial charge is 0.229 e. The standard InChI is InChI=1S/C16H19N3O3/c1-11-2-4-12(5-3-11)15(21)13-10-14(20)18-16(17-13)19-6-8-22-9-7-19/h2-5,13H,6-10H2,1H3,(H,17,18,20)/t13-/m0/s1. The van der Waals surface area contributed by atoms with Crippen molar-refractivity contribution >= 4 is 17.6 Å². The van der Waals surface area contributed by atoms with Crippen LogP contribution >= 0.6 is 0 Å². The summed E-state index contributed by atoms with van der Waals surface area (Å²) in [4.78, 5) is 30.9. The number of benzene rings is 1. The van der Waals surface area contributed by atoms with Crippen molar-refractivity contribution in [2.24, 2.45) is 4.99 Å². The van der Waals surface area contributed by atoms with Gasteiger partial charge in [-0.3, -0.25) is 14.9 Å². The molecule has 0 spiro atoms. The number of nitrogens with one attached hydrogen (secondary N) is 1. The molecule has 0 aliphatic carbocycles. The molecule has 0 saturated carbocycles. The number of guanidine groups is 1. The Morgan fingerprint density at radius 1 is 1.27 bits per heavy atom. The lowest BCUT2D eigenvalue weighted by Gasteiger charge is -2.32. The van der Waals surface area contributed by atoms with Gasteiger partial charge in [0.2, 0.25) is 11.9 Å². The summed E-state index contributed by atoms with van der Waals surface area (Å²) in [5.74, 6) is 0.215. The molecule has 2 aliphatic heterocycles. The molecule has 0 unspecified atom stereocenters. The van der Waals surface area contributed by atoms with E-state index in [9.17, 15) is 9.59 Å². The van der Waals surface area contributed by atoms with E-state index < -0.39 is 6.04 Å². The van der Waals surface area contributed by atoms with Gasteiger partial charge in [0, 0.05) is 18.7 Å². The third-order valence-electron chi connectivity index (χ3n) is 3.86. The molecule has 0 radical (unpaired) electrons. The van der Waals surface area contributed by atoms with E-state index in [1.165, 1.54) is 0 Å². The van der Waals surface area contributed by atoms with Crippen LogP contribution in [0.3, 0.4) is 0 Å². The molecule has 1 N–H and O–H groups in total. The number of ketones is 1. The summed E-state index contributed by atoms with van der Waals surface area (Å²) >= 11 is 0. The second-order valence-electron chi connectivity index (χ2n) is 5.55. The Kier molecular flexibility index (Phi) is 4.20. The van der Waals surface area contributed by atoms with Crippen molar-refractivity contribution in [1.29, 1.82) is 0 Å². The van der Waals surface area contributed by atoms with Crippen LogP contribution in [0.1, 0.15) is 22.3 Å². The van der Waals surface area contributed by atoms with Crippen molar-refractivity contribution in [3.63, 3.8) is 0 Å². The van der Waals surface area contributed by atoms with E-state index in [1.807, 2.05) is 24.0 Å². The van der Waals surface area contributed by atoms with Crippen LogP contribution in [-0.4, -0.2) is 54.9 Å². The Hall–Kier alpha value is -2.21. The minimum absolute atomic E-state index is 0.0978. The van der Waals surface area contributed by atoms with Crippen molar-refractivity contribution < 1.29 is 14.3 Å². The Balaban J connectivity index is 1.80. The Morgan fingerprint density at radius 2 is 1.95 bits per heavy atom. The van der Waals surface area contributed by atoms with Gasteiger partial charge in [-0.1, -0.05) is 29.8 Å². The summed E-state index contributed by atoms with van der Waals surface area (Å²) in [7, 11) is 0. The maximum Gasteiger partial charge on any atom is 0.229 e. The van der Waals surface area contributed by atoms with Gasteiger partial charge in [-0.05, 0) is 6.92 Å². The lowest BCUT2D eigenvalue weighted by atomic mass is 10.00. The minimum atomic E-state index is -0.644. The molecule has 116 valence electrons. The SMILES string of the molecule is Cc1ccc(C(=O)[C@@H]2CC(=O)NC(N3CCOCC3)=N2)cc1. The lowest BCUT2D eigenvalue weighted by Crippen LogP contribution is -2.52. The van der Waals surface area contributed by atoms with Gasteiger partial charge < -0.3 is 9.64 Å². The van der Waals surface area contributed by atoms with Gasteiger partial charge in [-0.25, -0.2) is 4.99 Å². The molecule has 1 saturated heterocycles. The first-order chi connectivity index (χ1) is 10.6. The van der Waals surface area contributed by atoms with E-state index in [1.54, 1.807) is 12.1 Å². The molecule has 2 heterocycles. The summed E-state index contributed by atoms with van der Waals surface area (Å²) in [5.41, 5.74) is 1.69. The summed E-state index contributed by atoms with van der Waals surface area (Å²) < 4.78 is 5.30. The van der Waals surface area contributed by atoms with Crippen LogP contribution in [-0.2, 0) is 9.53 Å². The average molecular weight is 301 g/mol. The number of hydrogen-bond acceptors (Lipinski definition) is 5. The molecule has 1 amide bonds. The topological polar surface area (TPSA) is 71.0 Å². The second-order valence-corrected chi connectivity index (χ2v) is 5.55. The van der Waals surface area contributed by atoms with Crippen LogP contribution in [0.5, 0.6) is 0 Å². The monoisotopic (exact) mass is 301 g/mol. The van der Waals surface area contributed by atoms with Crippen LogP contribution in [0.4, 0.5) is 0 Å². The first-order valence-corrected chi connectivity index (χ1v) is 7.45. The maximum atomic E-state index is 12.6. The highest BCUT2D eigenvalue weighted by molar-refractivity contribution is 6.08. The summed E-state index contributed by atoms with van der Waals surface area (Å²) in [6, 6.07) is 6.71. The molecular weight excluding hydrogens is 282 g/mol. The van der Waals surface area contributed by atoms with Crippen molar-refractivity contribution in [2.45, 2.75) is 19.4 Å². The predicted molar refractivity (Wildman–Crippen MR) is 81.9 cm³/mol. The number of Topliss-reactive ketones (excluding diaryl/α,β-unsaturated/α-hetero) is 1. The predicted octanol–water partition coefficient (Wildman–Crippen LogP) is 0.754. The van der Waals surface area contributed by atoms with Crippen molar-refractivity contribution in [3.8, 4) is 0 Å². The number of carbonyl (C=O) groups excluding carboxylic acids is 2. The number of ether oxygens (including phenoxy) is 1. The van der Waals surface area contributed by atoms with Gasteiger partial charge in [0.15, 0.2) is 5.78 Å². The van der Waals surface area contributed by atoms with Crippen molar-refractivity contribution in [3.05, 3.63) is 35.4 Å². The zero-order valence-electron chi connectivity index (χ0n) is 12.5. The van der Waals surface area contributed by atoms with Gasteiger partial charge in [0.1, 0.15) is 6.04 Å². The third kappa shape index (κ3) is 3.17. The van der Waals surface area contributed by atoms with Crippen LogP contribution in [0.2, 0.25) is 0 Å². The van der Waals surface area contributed by atoms with Gasteiger partial charge in [0.25, 0.3) is 0 Å². The number of carbonyl (C=O) groups is 2. The number of rotatable bonds is 2. The van der Waals surface area contributed by atoms with Gasteiger partial charge in [-0.2, -0.15) is 0 Å². The van der Waals surface area contributed by atoms with Gasteiger partial charge in [-0.15, -0.1) is 0 Å². The molecule has 0 aromatic heterocycles. The van der Waals surface area contributed by atoms with Gasteiger partial charge >= 0.3 is 0 Å². The Morgan fingerprint density at radius 3 is 2.64 bits per heavy atom. The van der Waals surface area contributed by atoms with E-state index in [4.69, 9.17) is 4.74 Å². The molecule has 6 nitrogen and oxygen atoms in total. The zero-order chi connectivity index (χ0) is 15.5. The zero-order valence-corrected chi connectivity index (χ0v) is 12.5. The fourth-order valence-electron chi connectivity index (χ4n) is 2.57. The molecule has 2 aliphatic rings. The number of morpholine rings is 1. The number of aryl methyl sites for hydroxylation is 1. The Labute approximate surface area is 129 Å². The normalized spacial score (nSPS) is 22.0. The summed E-state index contributed by atoms with van der Waals surface area (Å²) in [5, 5.41) is 2.76. The third-order valence-corrected chi connectivity index (χ3v) is 3.86. The first kappa shape index (κ1) is 14.7. The second kappa shape index (κ2) is 6.27. The number of nitrogens with zero attached hydrogens (tertiary/aromatic N) is 2. The number of aliphatic imine (C=N–C) groups is 1. The molecule has 1 aromatic rings. The molecule has 1 fully saturated rings. The van der Waals surface area contributed by atoms with E-state index in [2.05, 4.69) is 10.3 Å². The van der Waals surface area contributed by atoms with Crippen LogP contribution < -0.4 is 5.32 Å². The highest BCUT2D eigenvalue weighted by Crippen LogP contribution is 2.14. The van der Waals surface area contributed by atoms with Crippen LogP contribution in [0, 0.1) is 6.92 Å². The van der Waals surface area contributed by atoms with Crippen LogP contribution in [0.25, 0.3) is 0 Å². The number of hydrogen-bond donors (Lipinski definition) is 1. The maximum absolute atomic E-state index is 12.6. The van der Waals surface area contributed by atoms with E-state index in [0.717, 1.165) is 5.56 Å². The molecule has 3 rings (SSSR count). The highest BCUT2D eigenvalue weighted by atomic mass is 16.5. The van der Waals surface area contributed by atoms with Crippen molar-refractivity contribution in [2.75, 3.05) is 26.3 Å². The highest BCUT2D eigenvalue weighted by Gasteiger charge is 2.30. The molecular formula is C16H19N3O3. The molecule has 1 aromatic carbocycles. The minimum Gasteiger partial charge on any atom is -0.378 e. The molecule has 1 atom stereocenters. The van der Waals surface area contributed by atoms with E-state index >= 15 is 0 Å². The largest absolute Gasteiger partial charge is 0.378 e. The van der Waals surface area contributed by atoms with Crippen molar-refractivity contribution in [1.82, 2.24) is 10.2 Å². The lowest BCUT2D eigenvalue weighted by molar-refractivity contribution is -0.120.